The van der Waals surface area contributed by atoms with Gasteiger partial charge in [0.1, 0.15) is 15.9 Å². The van der Waals surface area contributed by atoms with Crippen molar-refractivity contribution in [3.8, 4) is 5.75 Å². The fourth-order valence-electron chi connectivity index (χ4n) is 1.14. The molecule has 0 fully saturated rings. The summed E-state index contributed by atoms with van der Waals surface area (Å²) in [6.45, 7) is 0. The minimum Gasteiger partial charge on any atom is -0.744 e. The van der Waals surface area contributed by atoms with Crippen LogP contribution in [0, 0.1) is 0 Å². The Hall–Kier alpha value is -1.49. The monoisotopic (exact) mass is 323 g/mol. The molecular weight excluding hydrogens is 318 g/mol. The van der Waals surface area contributed by atoms with Crippen molar-refractivity contribution >= 4 is 10.1 Å². The molecule has 0 spiro atoms. The van der Waals surface area contributed by atoms with E-state index in [1.807, 2.05) is 0 Å². The minimum atomic E-state index is -5.69. The highest BCUT2D eigenvalue weighted by molar-refractivity contribution is 7.85. The van der Waals surface area contributed by atoms with Crippen molar-refractivity contribution in [3.05, 3.63) is 24.3 Å². The molecule has 1 aromatic carbocycles. The number of benzene rings is 1. The van der Waals surface area contributed by atoms with Gasteiger partial charge >= 0.3 is 12.4 Å². The van der Waals surface area contributed by atoms with Crippen LogP contribution in [0.4, 0.5) is 26.3 Å². The number of alkyl halides is 6. The summed E-state index contributed by atoms with van der Waals surface area (Å²) < 4.78 is 108. The molecule has 11 heteroatoms. The molecule has 0 aliphatic carbocycles. The maximum Gasteiger partial charge on any atom is 0.434 e. The Morgan fingerprint density at radius 2 is 1.35 bits per heavy atom. The van der Waals surface area contributed by atoms with Crippen molar-refractivity contribution in [1.82, 2.24) is 0 Å². The molecule has 20 heavy (non-hydrogen) atoms. The Balaban J connectivity index is 3.02. The van der Waals surface area contributed by atoms with Crippen LogP contribution in [0.25, 0.3) is 0 Å². The molecule has 0 bridgehead atoms. The van der Waals surface area contributed by atoms with Gasteiger partial charge in [-0.05, 0) is 24.3 Å². The van der Waals surface area contributed by atoms with Gasteiger partial charge in [-0.3, -0.25) is 0 Å². The Bertz CT molecular complexity index is 546. The quantitative estimate of drug-likeness (QED) is 0.633. The van der Waals surface area contributed by atoms with Gasteiger partial charge in [-0.2, -0.15) is 26.3 Å². The van der Waals surface area contributed by atoms with Gasteiger partial charge in [-0.1, -0.05) is 0 Å². The molecule has 0 atom stereocenters. The van der Waals surface area contributed by atoms with E-state index in [9.17, 15) is 39.3 Å². The first-order valence-corrected chi connectivity index (χ1v) is 6.08. The Labute approximate surface area is 108 Å². The Morgan fingerprint density at radius 1 is 0.950 bits per heavy atom. The molecule has 0 amide bonds. The van der Waals surface area contributed by atoms with E-state index in [2.05, 4.69) is 4.74 Å². The molecule has 0 saturated heterocycles. The van der Waals surface area contributed by atoms with E-state index in [0.29, 0.717) is 24.3 Å². The normalized spacial score (nSPS) is 13.6. The predicted octanol–water partition coefficient (Wildman–Crippen LogP) is 2.46. The zero-order chi connectivity index (χ0) is 15.8. The molecule has 114 valence electrons. The van der Waals surface area contributed by atoms with Gasteiger partial charge in [0.2, 0.25) is 0 Å². The minimum absolute atomic E-state index is 0.523. The lowest BCUT2D eigenvalue weighted by Crippen LogP contribution is -2.46. The second-order valence-electron chi connectivity index (χ2n) is 3.51. The predicted molar refractivity (Wildman–Crippen MR) is 50.9 cm³/mol. The highest BCUT2D eigenvalue weighted by Crippen LogP contribution is 2.36. The number of ether oxygens (including phenoxy) is 1. The molecule has 0 N–H and O–H groups in total. The molecule has 4 nitrogen and oxygen atoms in total. The van der Waals surface area contributed by atoms with Gasteiger partial charge in [0.05, 0.1) is 4.90 Å². The van der Waals surface area contributed by atoms with Gasteiger partial charge in [-0.15, -0.1) is 0 Å². The van der Waals surface area contributed by atoms with E-state index in [4.69, 9.17) is 0 Å². The second kappa shape index (κ2) is 5.13. The lowest BCUT2D eigenvalue weighted by atomic mass is 10.3. The lowest BCUT2D eigenvalue weighted by Gasteiger charge is -2.23. The SMILES string of the molecule is O=S(=O)([O-])c1ccc(OC(C(F)(F)F)C(F)(F)F)cc1. The van der Waals surface area contributed by atoms with Crippen molar-refractivity contribution in [1.29, 1.82) is 0 Å². The Kier molecular flexibility index (Phi) is 4.25. The van der Waals surface area contributed by atoms with E-state index in [1.165, 1.54) is 0 Å². The molecule has 0 radical (unpaired) electrons. The van der Waals surface area contributed by atoms with Crippen molar-refractivity contribution in [3.63, 3.8) is 0 Å². The average Bonchev–Trinajstić information content (AvgIpc) is 2.22. The van der Waals surface area contributed by atoms with E-state index >= 15 is 0 Å². The van der Waals surface area contributed by atoms with Crippen molar-refractivity contribution in [2.45, 2.75) is 23.4 Å². The number of hydrogen-bond donors (Lipinski definition) is 0. The van der Waals surface area contributed by atoms with Crippen LogP contribution in [0.5, 0.6) is 5.75 Å². The summed E-state index contributed by atoms with van der Waals surface area (Å²) in [4.78, 5) is -0.805. The molecular formula is C9H5F6O4S-. The molecule has 0 aliphatic heterocycles. The summed E-state index contributed by atoms with van der Waals surface area (Å²) in [6, 6.07) is 2.13. The van der Waals surface area contributed by atoms with E-state index < -0.39 is 39.2 Å². The van der Waals surface area contributed by atoms with E-state index in [1.54, 1.807) is 0 Å². The second-order valence-corrected chi connectivity index (χ2v) is 4.89. The molecule has 0 aromatic heterocycles. The summed E-state index contributed by atoms with van der Waals surface area (Å²) in [6.07, 6.45) is -15.4. The van der Waals surface area contributed by atoms with Crippen LogP contribution in [0.3, 0.4) is 0 Å². The highest BCUT2D eigenvalue weighted by atomic mass is 32.2. The van der Waals surface area contributed by atoms with Crippen LogP contribution in [0.2, 0.25) is 0 Å². The molecule has 0 saturated carbocycles. The number of rotatable bonds is 3. The fourth-order valence-corrected chi connectivity index (χ4v) is 1.61. The highest BCUT2D eigenvalue weighted by Gasteiger charge is 2.59. The summed E-state index contributed by atoms with van der Waals surface area (Å²) in [5.74, 6) is -0.878. The molecule has 1 aromatic rings. The molecule has 0 heterocycles. The third-order valence-electron chi connectivity index (χ3n) is 1.96. The van der Waals surface area contributed by atoms with Crippen LogP contribution in [-0.2, 0) is 10.1 Å². The third kappa shape index (κ3) is 4.27. The standard InChI is InChI=1S/C9H6F6O4S/c10-8(11,12)7(9(13,14)15)19-5-1-3-6(4-2-5)20(16,17)18/h1-4,7H,(H,16,17,18)/p-1. The molecule has 0 aliphatic rings. The fraction of sp³-hybridized carbons (Fsp3) is 0.333. The molecule has 0 unspecified atom stereocenters. The lowest BCUT2D eigenvalue weighted by molar-refractivity contribution is -0.299. The van der Waals surface area contributed by atoms with Crippen LogP contribution in [0.15, 0.2) is 29.2 Å². The first kappa shape index (κ1) is 16.6. The van der Waals surface area contributed by atoms with Gasteiger partial charge in [0.25, 0.3) is 6.10 Å². The van der Waals surface area contributed by atoms with Crippen molar-refractivity contribution in [2.24, 2.45) is 0 Å². The van der Waals surface area contributed by atoms with Crippen LogP contribution >= 0.6 is 0 Å². The van der Waals surface area contributed by atoms with Crippen molar-refractivity contribution < 1.29 is 44.0 Å². The van der Waals surface area contributed by atoms with Crippen LogP contribution in [-0.4, -0.2) is 31.4 Å². The average molecular weight is 323 g/mol. The topological polar surface area (TPSA) is 66.4 Å². The van der Waals surface area contributed by atoms with Crippen LogP contribution < -0.4 is 4.74 Å². The first-order chi connectivity index (χ1) is 8.82. The zero-order valence-electron chi connectivity index (χ0n) is 9.20. The number of halogens is 6. The van der Waals surface area contributed by atoms with Gasteiger partial charge in [0, 0.05) is 0 Å². The summed E-state index contributed by atoms with van der Waals surface area (Å²) in [7, 11) is -4.85. The van der Waals surface area contributed by atoms with Crippen molar-refractivity contribution in [2.75, 3.05) is 0 Å². The van der Waals surface area contributed by atoms with Gasteiger partial charge in [-0.25, -0.2) is 8.42 Å². The summed E-state index contributed by atoms with van der Waals surface area (Å²) >= 11 is 0. The maximum atomic E-state index is 12.2. The van der Waals surface area contributed by atoms with E-state index in [0.717, 1.165) is 0 Å². The van der Waals surface area contributed by atoms with E-state index in [-0.39, 0.29) is 0 Å². The van der Waals surface area contributed by atoms with Gasteiger partial charge < -0.3 is 9.29 Å². The third-order valence-corrected chi connectivity index (χ3v) is 2.81. The van der Waals surface area contributed by atoms with Gasteiger partial charge in [0.15, 0.2) is 0 Å². The first-order valence-electron chi connectivity index (χ1n) is 4.68. The number of hydrogen-bond acceptors (Lipinski definition) is 4. The summed E-state index contributed by atoms with van der Waals surface area (Å²) in [5, 5.41) is 0. The molecule has 1 rings (SSSR count). The largest absolute Gasteiger partial charge is 0.744 e. The maximum absolute atomic E-state index is 12.2. The smallest absolute Gasteiger partial charge is 0.434 e. The zero-order valence-corrected chi connectivity index (χ0v) is 10.0. The van der Waals surface area contributed by atoms with Crippen LogP contribution in [0.1, 0.15) is 0 Å². The Morgan fingerprint density at radius 3 is 1.65 bits per heavy atom. The summed E-state index contributed by atoms with van der Waals surface area (Å²) in [5.41, 5.74) is 0.